The molecule has 58 heavy (non-hydrogen) atoms. The van der Waals surface area contributed by atoms with Crippen molar-refractivity contribution >= 4 is 42.6 Å². The number of aliphatic hydroxyl groups is 4. The second-order valence-electron chi connectivity index (χ2n) is 13.5. The van der Waals surface area contributed by atoms with Crippen molar-refractivity contribution in [3.63, 3.8) is 0 Å². The molecule has 0 aliphatic rings. The minimum Gasteiger partial charge on any atom is -0.421 e. The third-order valence-corrected chi connectivity index (χ3v) is 9.94. The van der Waals surface area contributed by atoms with E-state index in [1.807, 2.05) is 19.0 Å². The third-order valence-electron chi connectivity index (χ3n) is 6.12. The summed E-state index contributed by atoms with van der Waals surface area (Å²) in [4.78, 5) is 1.93. The van der Waals surface area contributed by atoms with Gasteiger partial charge in [0, 0.05) is 6.54 Å². The first-order valence-corrected chi connectivity index (χ1v) is 21.1. The van der Waals surface area contributed by atoms with Crippen molar-refractivity contribution in [2.75, 3.05) is 133 Å². The van der Waals surface area contributed by atoms with Crippen LogP contribution in [0.5, 0.6) is 0 Å². The molecule has 364 valence electrons. The van der Waals surface area contributed by atoms with E-state index < -0.39 is 31.1 Å². The van der Waals surface area contributed by atoms with Crippen LogP contribution in [-0.4, -0.2) is 205 Å². The summed E-state index contributed by atoms with van der Waals surface area (Å²) in [5.41, 5.74) is -12.4. The maximum Gasteiger partial charge on any atom is 1.00 e. The van der Waals surface area contributed by atoms with Gasteiger partial charge in [-0.15, -0.1) is 0 Å². The summed E-state index contributed by atoms with van der Waals surface area (Å²) in [5.74, 6) is 0. The van der Waals surface area contributed by atoms with Gasteiger partial charge >= 0.3 is 29.9 Å². The van der Waals surface area contributed by atoms with Crippen molar-refractivity contribution in [1.82, 2.24) is 4.90 Å². The zero-order valence-electron chi connectivity index (χ0n) is 34.9. The Bertz CT molecular complexity index is 920. The van der Waals surface area contributed by atoms with Crippen LogP contribution >= 0.6 is 22.6 Å². The van der Waals surface area contributed by atoms with Crippen LogP contribution in [0.2, 0.25) is 0 Å². The molecule has 14 nitrogen and oxygen atoms in total. The molecule has 0 amide bonds. The Labute approximate surface area is 378 Å². The quantitative estimate of drug-likeness (QED) is 0.0557. The van der Waals surface area contributed by atoms with Gasteiger partial charge in [0.25, 0.3) is 0 Å². The number of rotatable bonds is 17. The molecule has 0 fully saturated rings. The Hall–Kier alpha value is 0.407. The van der Waals surface area contributed by atoms with Crippen LogP contribution in [-0.2, 0) is 20.0 Å². The number of aliphatic hydroxyl groups excluding tert-OH is 4. The van der Waals surface area contributed by atoms with Crippen LogP contribution in [0.1, 0.15) is 83.1 Å². The first kappa shape index (κ1) is 89.4. The summed E-state index contributed by atoms with van der Waals surface area (Å²) in [6, 6.07) is 0. The van der Waals surface area contributed by atoms with Crippen molar-refractivity contribution in [2.45, 2.75) is 94.1 Å². The van der Waals surface area contributed by atoms with Gasteiger partial charge in [-0.1, -0.05) is 80.0 Å². The molecular formula is C34H90F6ILiN5O9S2+3. The standard InChI is InChI=1S/3C7H18NO.C4H11NO.C3H7I.C2F6NO4S2.4CH4.Li.H2O/c3*1-4-5-8(2,3)6-7-9;1-5(2)3-4-6;1-2-3-4;3-1(4,5)14(10,11)9-15(12,13)2(6,7)8;;;;;;/h3*9H,4-7H2,1-3H3;6H,3-4H2,1-2H3;2-3H2,1H3;;4*1H4;;1H2/q3*+1;;;-1;;;;;+1;. The summed E-state index contributed by atoms with van der Waals surface area (Å²) in [6.07, 6.45) is 4.87. The maximum absolute atomic E-state index is 11.4. The summed E-state index contributed by atoms with van der Waals surface area (Å²) < 4.78 is 113. The number of halogens is 7. The largest absolute Gasteiger partial charge is 1.00 e. The average Bonchev–Trinajstić information content (AvgIpc) is 2.92. The Morgan fingerprint density at radius 1 is 0.534 bits per heavy atom. The monoisotopic (exact) mass is 1020 g/mol. The van der Waals surface area contributed by atoms with Gasteiger partial charge in [0.1, 0.15) is 19.6 Å². The van der Waals surface area contributed by atoms with Crippen LogP contribution in [0.4, 0.5) is 26.3 Å². The summed E-state index contributed by atoms with van der Waals surface area (Å²) in [5, 5.41) is 34.0. The molecule has 0 atom stereocenters. The molecule has 0 saturated heterocycles. The van der Waals surface area contributed by atoms with Crippen LogP contribution in [0.15, 0.2) is 0 Å². The average molecular weight is 1030 g/mol. The second-order valence-corrected chi connectivity index (χ2v) is 18.0. The van der Waals surface area contributed by atoms with Gasteiger partial charge in [-0.2, -0.15) is 26.3 Å². The van der Waals surface area contributed by atoms with Gasteiger partial charge in [-0.25, -0.2) is 16.8 Å². The minimum atomic E-state index is -6.72. The predicted molar refractivity (Wildman–Crippen MR) is 236 cm³/mol. The second kappa shape index (κ2) is 46.9. The van der Waals surface area contributed by atoms with Crippen molar-refractivity contribution in [3.05, 3.63) is 4.13 Å². The van der Waals surface area contributed by atoms with Gasteiger partial charge in [-0.05, 0) is 44.2 Å². The van der Waals surface area contributed by atoms with E-state index in [0.29, 0.717) is 19.8 Å². The number of sulfonamides is 2. The van der Waals surface area contributed by atoms with E-state index in [0.717, 1.165) is 63.4 Å². The van der Waals surface area contributed by atoms with Crippen molar-refractivity contribution in [2.24, 2.45) is 0 Å². The van der Waals surface area contributed by atoms with E-state index in [9.17, 15) is 43.2 Å². The van der Waals surface area contributed by atoms with Gasteiger partial charge in [0.15, 0.2) is 20.0 Å². The molecule has 0 rings (SSSR count). The molecule has 0 bridgehead atoms. The van der Waals surface area contributed by atoms with Gasteiger partial charge in [0.05, 0.1) is 88.3 Å². The van der Waals surface area contributed by atoms with Crippen molar-refractivity contribution in [3.8, 4) is 0 Å². The smallest absolute Gasteiger partial charge is 0.421 e. The number of hydrogen-bond donors (Lipinski definition) is 4. The molecule has 0 aliphatic carbocycles. The Balaban J connectivity index is -0.0000000445. The number of likely N-dealkylation sites (N-methyl/N-ethyl adjacent to an activating group) is 4. The first-order valence-electron chi connectivity index (χ1n) is 16.7. The fraction of sp³-hybridized carbons (Fsp3) is 1.00. The maximum atomic E-state index is 11.4. The molecule has 0 radical (unpaired) electrons. The predicted octanol–water partition coefficient (Wildman–Crippen LogP) is 2.55. The van der Waals surface area contributed by atoms with Crippen LogP contribution in [0.3, 0.4) is 0 Å². The SMILES string of the molecule is C.C.C.C.CCCI.CCC[N+](C)(C)CCO.CCC[N+](C)(C)CCO.CCC[N+](C)(C)CCO.CN(C)CCO.O.O=S(=O)([N-]S(=O)(=O)C(F)(F)F)C(F)(F)F.[Li+]. The fourth-order valence-corrected chi connectivity index (χ4v) is 5.09. The number of alkyl halides is 7. The first-order chi connectivity index (χ1) is 23.3. The molecule has 24 heteroatoms. The molecule has 0 heterocycles. The van der Waals surface area contributed by atoms with E-state index in [1.54, 1.807) is 0 Å². The molecule has 0 spiro atoms. The summed E-state index contributed by atoms with van der Waals surface area (Å²) >= 11 is 2.35. The van der Waals surface area contributed by atoms with E-state index >= 15 is 0 Å². The van der Waals surface area contributed by atoms with Crippen molar-refractivity contribution < 1.29 is 101 Å². The van der Waals surface area contributed by atoms with Crippen LogP contribution in [0, 0.1) is 0 Å². The summed E-state index contributed by atoms with van der Waals surface area (Å²) in [7, 11) is 3.24. The molecule has 0 aromatic heterocycles. The van der Waals surface area contributed by atoms with Gasteiger partial charge < -0.3 is 48.4 Å². The normalized spacial score (nSPS) is 11.1. The zero-order valence-corrected chi connectivity index (χ0v) is 38.7. The van der Waals surface area contributed by atoms with Gasteiger partial charge in [0.2, 0.25) is 0 Å². The molecule has 0 aromatic rings. The fourth-order valence-electron chi connectivity index (χ4n) is 3.38. The van der Waals surface area contributed by atoms with E-state index in [1.165, 1.54) is 30.1 Å². The van der Waals surface area contributed by atoms with Crippen LogP contribution in [0.25, 0.3) is 4.13 Å². The number of quaternary nitrogens is 3. The van der Waals surface area contributed by atoms with Crippen molar-refractivity contribution in [1.29, 1.82) is 0 Å². The Kier molecular flexibility index (Phi) is 72.3. The molecule has 0 aromatic carbocycles. The molecule has 0 unspecified atom stereocenters. The minimum absolute atomic E-state index is 0. The third kappa shape index (κ3) is 63.1. The Morgan fingerprint density at radius 2 is 0.741 bits per heavy atom. The van der Waals surface area contributed by atoms with E-state index in [2.05, 4.69) is 92.6 Å². The topological polar surface area (TPSA) is 198 Å². The van der Waals surface area contributed by atoms with E-state index in [4.69, 9.17) is 20.4 Å². The number of hydrogen-bond acceptors (Lipinski definition) is 9. The molecule has 0 saturated carbocycles. The molecule has 0 aliphatic heterocycles. The summed E-state index contributed by atoms with van der Waals surface area (Å²) in [6.45, 7) is 16.6. The Morgan fingerprint density at radius 3 is 0.828 bits per heavy atom. The molecular weight excluding hydrogens is 934 g/mol. The molecule has 6 N–H and O–H groups in total. The van der Waals surface area contributed by atoms with Crippen LogP contribution < -0.4 is 18.9 Å². The van der Waals surface area contributed by atoms with Gasteiger partial charge in [-0.3, -0.25) is 0 Å². The number of nitrogens with zero attached hydrogens (tertiary/aromatic N) is 5. The zero-order chi connectivity index (χ0) is 43.1. The van der Waals surface area contributed by atoms with E-state index in [-0.39, 0.29) is 60.7 Å².